The largest absolute Gasteiger partial charge is 0.449 e. The van der Waals surface area contributed by atoms with Gasteiger partial charge >= 0.3 is 6.09 Å². The molecule has 1 fully saturated rings. The number of amides is 1. The third kappa shape index (κ3) is 5.21. The Morgan fingerprint density at radius 1 is 1.29 bits per heavy atom. The number of ether oxygens (including phenoxy) is 1. The van der Waals surface area contributed by atoms with Crippen molar-refractivity contribution < 1.29 is 17.9 Å². The molecule has 0 bridgehead atoms. The molecule has 9 nitrogen and oxygen atoms in total. The van der Waals surface area contributed by atoms with Gasteiger partial charge in [-0.1, -0.05) is 12.2 Å². The Morgan fingerprint density at radius 2 is 2.09 bits per heavy atom. The summed E-state index contributed by atoms with van der Waals surface area (Å²) in [6.07, 6.45) is 8.72. The first-order valence-corrected chi connectivity index (χ1v) is 12.7. The first kappa shape index (κ1) is 23.3. The molecule has 1 amide bonds. The van der Waals surface area contributed by atoms with Crippen LogP contribution < -0.4 is 5.32 Å². The van der Waals surface area contributed by atoms with Gasteiger partial charge in [-0.25, -0.2) is 13.2 Å². The number of nitriles is 1. The minimum atomic E-state index is -3.05. The van der Waals surface area contributed by atoms with Crippen molar-refractivity contribution in [3.63, 3.8) is 0 Å². The molecule has 10 heteroatoms. The maximum Gasteiger partial charge on any atom is 0.409 e. The zero-order chi connectivity index (χ0) is 24.1. The van der Waals surface area contributed by atoms with Crippen molar-refractivity contribution in [2.45, 2.75) is 13.3 Å². The highest BCUT2D eigenvalue weighted by atomic mass is 32.2. The summed E-state index contributed by atoms with van der Waals surface area (Å²) < 4.78 is 28.2. The summed E-state index contributed by atoms with van der Waals surface area (Å²) in [6.45, 7) is 2.50. The number of rotatable bonds is 6. The van der Waals surface area contributed by atoms with E-state index in [-0.39, 0.29) is 31.2 Å². The molecule has 34 heavy (non-hydrogen) atoms. The summed E-state index contributed by atoms with van der Waals surface area (Å²) in [4.78, 5) is 20.9. The van der Waals surface area contributed by atoms with Crippen molar-refractivity contribution in [2.75, 3.05) is 36.5 Å². The van der Waals surface area contributed by atoms with Crippen molar-refractivity contribution in [1.82, 2.24) is 14.9 Å². The molecule has 176 valence electrons. The second-order valence-corrected chi connectivity index (χ2v) is 10.3. The monoisotopic (exact) mass is 479 g/mol. The van der Waals surface area contributed by atoms with Gasteiger partial charge in [0.25, 0.3) is 0 Å². The highest BCUT2D eigenvalue weighted by molar-refractivity contribution is 7.91. The van der Waals surface area contributed by atoms with E-state index in [2.05, 4.69) is 21.4 Å². The van der Waals surface area contributed by atoms with Gasteiger partial charge in [0, 0.05) is 53.8 Å². The number of aromatic amines is 1. The van der Waals surface area contributed by atoms with Crippen LogP contribution in [0, 0.1) is 18.3 Å². The normalized spacial score (nSPS) is 15.4. The SMILES string of the molecule is Cc1c(Nc2c(C#N)cncc2C=CCCOC(=O)N2CCS(=O)(=O)CC2)ccc2[nH]ccc12. The molecule has 0 radical (unpaired) electrons. The van der Waals surface area contributed by atoms with Gasteiger partial charge in [0.05, 0.1) is 29.4 Å². The third-order valence-electron chi connectivity index (χ3n) is 5.77. The fourth-order valence-electron chi connectivity index (χ4n) is 3.79. The van der Waals surface area contributed by atoms with E-state index in [1.807, 2.05) is 43.5 Å². The Bertz CT molecular complexity index is 1370. The van der Waals surface area contributed by atoms with Gasteiger partial charge in [0.2, 0.25) is 0 Å². The predicted octanol–water partition coefficient (Wildman–Crippen LogP) is 3.76. The molecule has 1 aliphatic rings. The zero-order valence-corrected chi connectivity index (χ0v) is 19.6. The summed E-state index contributed by atoms with van der Waals surface area (Å²) in [6, 6.07) is 8.15. The number of benzene rings is 1. The Kier molecular flexibility index (Phi) is 6.84. The number of H-pyrrole nitrogens is 1. The number of fused-ring (bicyclic) bond motifs is 1. The van der Waals surface area contributed by atoms with Crippen LogP contribution in [-0.2, 0) is 14.6 Å². The van der Waals surface area contributed by atoms with Gasteiger partial charge in [-0.05, 0) is 37.1 Å². The van der Waals surface area contributed by atoms with Crippen LogP contribution in [0.25, 0.3) is 17.0 Å². The molecular formula is C24H25N5O4S. The second kappa shape index (κ2) is 9.97. The van der Waals surface area contributed by atoms with Gasteiger partial charge in [-0.15, -0.1) is 0 Å². The molecule has 2 N–H and O–H groups in total. The third-order valence-corrected chi connectivity index (χ3v) is 7.38. The van der Waals surface area contributed by atoms with Gasteiger partial charge in [-0.3, -0.25) is 4.98 Å². The number of aryl methyl sites for hydroxylation is 1. The lowest BCUT2D eigenvalue weighted by Crippen LogP contribution is -2.44. The minimum absolute atomic E-state index is 0.0312. The van der Waals surface area contributed by atoms with Gasteiger partial charge in [0.1, 0.15) is 6.07 Å². The van der Waals surface area contributed by atoms with Crippen molar-refractivity contribution in [1.29, 1.82) is 5.26 Å². The number of sulfone groups is 1. The maximum atomic E-state index is 12.1. The zero-order valence-electron chi connectivity index (χ0n) is 18.7. The van der Waals surface area contributed by atoms with Gasteiger partial charge in [0.15, 0.2) is 9.84 Å². The maximum absolute atomic E-state index is 12.1. The summed E-state index contributed by atoms with van der Waals surface area (Å²) in [5.41, 5.74) is 4.80. The standard InChI is InChI=1S/C24H25N5O4S/c1-17-20-7-8-27-22(20)6-5-21(17)28-23-18(15-26-16-19(23)14-25)4-2-3-11-33-24(30)29-9-12-34(31,32)13-10-29/h2,4-8,15-16,27H,3,9-13H2,1H3,(H,26,28). The van der Waals surface area contributed by atoms with Crippen molar-refractivity contribution in [3.8, 4) is 6.07 Å². The molecular weight excluding hydrogens is 454 g/mol. The molecule has 0 aliphatic carbocycles. The smallest absolute Gasteiger partial charge is 0.409 e. The summed E-state index contributed by atoms with van der Waals surface area (Å²) in [5.74, 6) is -0.0625. The van der Waals surface area contributed by atoms with E-state index in [1.54, 1.807) is 6.20 Å². The predicted molar refractivity (Wildman–Crippen MR) is 130 cm³/mol. The van der Waals surface area contributed by atoms with Crippen LogP contribution in [0.4, 0.5) is 16.2 Å². The summed E-state index contributed by atoms with van der Waals surface area (Å²) in [7, 11) is -3.05. The van der Waals surface area contributed by atoms with Crippen molar-refractivity contribution >= 4 is 44.3 Å². The van der Waals surface area contributed by atoms with E-state index >= 15 is 0 Å². The molecule has 0 atom stereocenters. The number of pyridine rings is 1. The summed E-state index contributed by atoms with van der Waals surface area (Å²) >= 11 is 0. The Labute approximate surface area is 198 Å². The van der Waals surface area contributed by atoms with Crippen LogP contribution in [0.15, 0.2) is 42.9 Å². The highest BCUT2D eigenvalue weighted by Gasteiger charge is 2.25. The molecule has 2 aromatic heterocycles. The van der Waals surface area contributed by atoms with Crippen molar-refractivity contribution in [3.05, 3.63) is 59.6 Å². The Balaban J connectivity index is 1.41. The van der Waals surface area contributed by atoms with Crippen LogP contribution >= 0.6 is 0 Å². The highest BCUT2D eigenvalue weighted by Crippen LogP contribution is 2.30. The Morgan fingerprint density at radius 3 is 2.85 bits per heavy atom. The second-order valence-electron chi connectivity index (χ2n) is 8.01. The van der Waals surface area contributed by atoms with Crippen LogP contribution in [0.2, 0.25) is 0 Å². The first-order chi connectivity index (χ1) is 16.4. The number of carbonyl (C=O) groups is 1. The van der Waals surface area contributed by atoms with E-state index in [0.717, 1.165) is 27.7 Å². The summed E-state index contributed by atoms with van der Waals surface area (Å²) in [5, 5.41) is 14.1. The lowest BCUT2D eigenvalue weighted by Gasteiger charge is -2.25. The number of hydrogen-bond acceptors (Lipinski definition) is 7. The molecule has 1 aromatic carbocycles. The quantitative estimate of drug-likeness (QED) is 0.515. The molecule has 3 aromatic rings. The van der Waals surface area contributed by atoms with E-state index in [4.69, 9.17) is 4.74 Å². The lowest BCUT2D eigenvalue weighted by molar-refractivity contribution is 0.107. The van der Waals surface area contributed by atoms with Crippen molar-refractivity contribution in [2.24, 2.45) is 0 Å². The minimum Gasteiger partial charge on any atom is -0.449 e. The number of nitrogens with zero attached hydrogens (tertiary/aromatic N) is 3. The number of aromatic nitrogens is 2. The molecule has 0 saturated carbocycles. The van der Waals surface area contributed by atoms with Crippen LogP contribution in [0.5, 0.6) is 0 Å². The molecule has 1 aliphatic heterocycles. The van der Waals surface area contributed by atoms with Crippen LogP contribution in [0.1, 0.15) is 23.1 Å². The number of anilines is 2. The first-order valence-electron chi connectivity index (χ1n) is 10.9. The van der Waals surface area contributed by atoms with Crippen LogP contribution in [-0.4, -0.2) is 60.6 Å². The van der Waals surface area contributed by atoms with Gasteiger partial charge in [-0.2, -0.15) is 5.26 Å². The fourth-order valence-corrected chi connectivity index (χ4v) is 4.99. The lowest BCUT2D eigenvalue weighted by atomic mass is 10.1. The molecule has 4 rings (SSSR count). The Hall–Kier alpha value is -3.84. The number of carbonyl (C=O) groups excluding carboxylic acids is 1. The van der Waals surface area contributed by atoms with E-state index < -0.39 is 15.9 Å². The van der Waals surface area contributed by atoms with E-state index in [1.165, 1.54) is 11.1 Å². The fraction of sp³-hybridized carbons (Fsp3) is 0.292. The van der Waals surface area contributed by atoms with Crippen LogP contribution in [0.3, 0.4) is 0 Å². The van der Waals surface area contributed by atoms with E-state index in [9.17, 15) is 18.5 Å². The molecule has 3 heterocycles. The number of nitrogens with one attached hydrogen (secondary N) is 2. The molecule has 0 unspecified atom stereocenters. The molecule has 0 spiro atoms. The average Bonchev–Trinajstić information content (AvgIpc) is 3.31. The topological polar surface area (TPSA) is 128 Å². The number of hydrogen-bond donors (Lipinski definition) is 2. The van der Waals surface area contributed by atoms with E-state index in [0.29, 0.717) is 17.7 Å². The average molecular weight is 480 g/mol. The molecule has 1 saturated heterocycles. The van der Waals surface area contributed by atoms with Gasteiger partial charge < -0.3 is 19.9 Å².